The van der Waals surface area contributed by atoms with E-state index < -0.39 is 10.2 Å². The molecule has 0 atom stereocenters. The Morgan fingerprint density at radius 3 is 2.47 bits per heavy atom. The zero-order valence-corrected chi connectivity index (χ0v) is 12.4. The van der Waals surface area contributed by atoms with Crippen molar-refractivity contribution >= 4 is 21.7 Å². The highest BCUT2D eigenvalue weighted by atomic mass is 32.2. The largest absolute Gasteiger partial charge is 0.384 e. The second-order valence-corrected chi connectivity index (χ2v) is 6.39. The van der Waals surface area contributed by atoms with Gasteiger partial charge in [0.1, 0.15) is 5.84 Å². The summed E-state index contributed by atoms with van der Waals surface area (Å²) in [5, 5.41) is 7.38. The van der Waals surface area contributed by atoms with Gasteiger partial charge < -0.3 is 5.73 Å². The molecule has 0 aliphatic heterocycles. The minimum atomic E-state index is -3.61. The molecule has 0 spiro atoms. The molecule has 0 fully saturated rings. The van der Waals surface area contributed by atoms with E-state index in [1.165, 1.54) is 11.4 Å². The summed E-state index contributed by atoms with van der Waals surface area (Å²) in [6.07, 6.45) is 0. The maximum atomic E-state index is 12.1. The number of rotatable bonds is 5. The minimum Gasteiger partial charge on any atom is -0.384 e. The normalized spacial score (nSPS) is 11.9. The summed E-state index contributed by atoms with van der Waals surface area (Å²) >= 11 is 0. The van der Waals surface area contributed by atoms with Crippen LogP contribution in [0.3, 0.4) is 0 Å². The molecule has 0 unspecified atom stereocenters. The number of hydrogen-bond acceptors (Lipinski definition) is 3. The summed E-state index contributed by atoms with van der Waals surface area (Å²) < 4.78 is 28.0. The summed E-state index contributed by atoms with van der Waals surface area (Å²) in [6, 6.07) is 4.82. The van der Waals surface area contributed by atoms with E-state index in [1.54, 1.807) is 39.0 Å². The Balaban J connectivity index is 3.12. The van der Waals surface area contributed by atoms with Gasteiger partial charge in [-0.15, -0.1) is 0 Å². The van der Waals surface area contributed by atoms with Crippen LogP contribution >= 0.6 is 0 Å². The Kier molecular flexibility index (Phi) is 4.54. The fourth-order valence-electron chi connectivity index (χ4n) is 1.39. The summed E-state index contributed by atoms with van der Waals surface area (Å²) in [7, 11) is -2.09. The molecular weight excluding hydrogens is 264 g/mol. The lowest BCUT2D eigenvalue weighted by molar-refractivity contribution is 0.414. The molecule has 1 aromatic carbocycles. The van der Waals surface area contributed by atoms with Crippen LogP contribution in [0.1, 0.15) is 25.0 Å². The number of aryl methyl sites for hydroxylation is 1. The molecule has 0 aliphatic rings. The monoisotopic (exact) mass is 284 g/mol. The number of hydrogen-bond donors (Lipinski definition) is 3. The molecule has 0 aromatic heterocycles. The number of benzene rings is 1. The molecule has 0 saturated heterocycles. The third-order valence-electron chi connectivity index (χ3n) is 2.89. The van der Waals surface area contributed by atoms with Gasteiger partial charge >= 0.3 is 10.2 Å². The molecule has 7 heteroatoms. The van der Waals surface area contributed by atoms with Crippen molar-refractivity contribution in [3.63, 3.8) is 0 Å². The van der Waals surface area contributed by atoms with Crippen LogP contribution in [0.5, 0.6) is 0 Å². The molecule has 0 bridgehead atoms. The average molecular weight is 284 g/mol. The Morgan fingerprint density at radius 2 is 2.00 bits per heavy atom. The van der Waals surface area contributed by atoms with Crippen molar-refractivity contribution in [2.75, 3.05) is 11.8 Å². The van der Waals surface area contributed by atoms with Crippen LogP contribution in [0.15, 0.2) is 18.2 Å². The van der Waals surface area contributed by atoms with E-state index in [4.69, 9.17) is 11.1 Å². The summed E-state index contributed by atoms with van der Waals surface area (Å²) in [6.45, 7) is 5.37. The first-order valence-corrected chi connectivity index (χ1v) is 7.30. The van der Waals surface area contributed by atoms with Gasteiger partial charge in [-0.25, -0.2) is 0 Å². The maximum Gasteiger partial charge on any atom is 0.301 e. The quantitative estimate of drug-likeness (QED) is 0.561. The Bertz CT molecular complexity index is 581. The predicted octanol–water partition coefficient (Wildman–Crippen LogP) is 1.28. The van der Waals surface area contributed by atoms with Crippen molar-refractivity contribution in [2.45, 2.75) is 26.8 Å². The second-order valence-electron chi connectivity index (χ2n) is 4.66. The van der Waals surface area contributed by atoms with Gasteiger partial charge in [0.05, 0.1) is 5.69 Å². The number of amidine groups is 1. The molecule has 106 valence electrons. The van der Waals surface area contributed by atoms with Gasteiger partial charge in [0.15, 0.2) is 0 Å². The Hall–Kier alpha value is -1.60. The van der Waals surface area contributed by atoms with Gasteiger partial charge in [0.25, 0.3) is 0 Å². The first-order chi connectivity index (χ1) is 8.65. The molecule has 6 nitrogen and oxygen atoms in total. The first kappa shape index (κ1) is 15.5. The fraction of sp³-hybridized carbons (Fsp3) is 0.417. The lowest BCUT2D eigenvalue weighted by Crippen LogP contribution is -2.37. The van der Waals surface area contributed by atoms with E-state index >= 15 is 0 Å². The molecule has 0 saturated carbocycles. The number of nitrogens with two attached hydrogens (primary N) is 1. The number of anilines is 1. The standard InChI is InChI=1S/C12H20N4O2S/c1-8(2)16(4)19(17,18)15-11-7-10(12(13)14)6-5-9(11)3/h5-8,15H,1-4H3,(H3,13,14). The fourth-order valence-corrected chi connectivity index (χ4v) is 2.58. The molecule has 0 heterocycles. The predicted molar refractivity (Wildman–Crippen MR) is 77.6 cm³/mol. The lowest BCUT2D eigenvalue weighted by atomic mass is 10.1. The number of nitrogens with zero attached hydrogens (tertiary/aromatic N) is 1. The molecule has 1 rings (SSSR count). The van der Waals surface area contributed by atoms with Crippen molar-refractivity contribution in [1.82, 2.24) is 4.31 Å². The highest BCUT2D eigenvalue weighted by Crippen LogP contribution is 2.19. The van der Waals surface area contributed by atoms with E-state index in [0.717, 1.165) is 5.56 Å². The van der Waals surface area contributed by atoms with Crippen LogP contribution in [-0.2, 0) is 10.2 Å². The van der Waals surface area contributed by atoms with Gasteiger partial charge in [-0.3, -0.25) is 10.1 Å². The zero-order chi connectivity index (χ0) is 14.8. The summed E-state index contributed by atoms with van der Waals surface area (Å²) in [4.78, 5) is 0. The number of nitrogens with one attached hydrogen (secondary N) is 2. The first-order valence-electron chi connectivity index (χ1n) is 5.86. The highest BCUT2D eigenvalue weighted by Gasteiger charge is 2.21. The molecule has 0 aliphatic carbocycles. The lowest BCUT2D eigenvalue weighted by Gasteiger charge is -2.22. The van der Waals surface area contributed by atoms with Crippen molar-refractivity contribution in [1.29, 1.82) is 5.41 Å². The average Bonchev–Trinajstić information content (AvgIpc) is 2.30. The Labute approximate surface area is 114 Å². The molecule has 19 heavy (non-hydrogen) atoms. The van der Waals surface area contributed by atoms with Crippen LogP contribution in [0.25, 0.3) is 0 Å². The SMILES string of the molecule is Cc1ccc(C(=N)N)cc1NS(=O)(=O)N(C)C(C)C. The summed E-state index contributed by atoms with van der Waals surface area (Å²) in [5.74, 6) is -0.0994. The topological polar surface area (TPSA) is 99.3 Å². The highest BCUT2D eigenvalue weighted by molar-refractivity contribution is 7.90. The van der Waals surface area contributed by atoms with Gasteiger partial charge in [-0.2, -0.15) is 12.7 Å². The second kappa shape index (κ2) is 5.58. The van der Waals surface area contributed by atoms with Crippen LogP contribution in [0, 0.1) is 12.3 Å². The van der Waals surface area contributed by atoms with Gasteiger partial charge in [-0.05, 0) is 32.4 Å². The molecule has 4 N–H and O–H groups in total. The van der Waals surface area contributed by atoms with Crippen LogP contribution in [0.2, 0.25) is 0 Å². The van der Waals surface area contributed by atoms with Crippen molar-refractivity contribution in [2.24, 2.45) is 5.73 Å². The van der Waals surface area contributed by atoms with Gasteiger partial charge in [0.2, 0.25) is 0 Å². The van der Waals surface area contributed by atoms with Crippen LogP contribution in [-0.4, -0.2) is 31.6 Å². The van der Waals surface area contributed by atoms with Crippen LogP contribution < -0.4 is 10.5 Å². The molecular formula is C12H20N4O2S. The van der Waals surface area contributed by atoms with E-state index in [2.05, 4.69) is 4.72 Å². The van der Waals surface area contributed by atoms with Crippen LogP contribution in [0.4, 0.5) is 5.69 Å². The maximum absolute atomic E-state index is 12.1. The van der Waals surface area contributed by atoms with Gasteiger partial charge in [0, 0.05) is 18.7 Å². The van der Waals surface area contributed by atoms with E-state index in [1.807, 2.05) is 0 Å². The third-order valence-corrected chi connectivity index (χ3v) is 4.55. The van der Waals surface area contributed by atoms with Gasteiger partial charge in [-0.1, -0.05) is 12.1 Å². The van der Waals surface area contributed by atoms with E-state index in [-0.39, 0.29) is 11.9 Å². The summed E-state index contributed by atoms with van der Waals surface area (Å²) in [5.41, 5.74) is 7.08. The molecule has 0 amide bonds. The third kappa shape index (κ3) is 3.68. The minimum absolute atomic E-state index is 0.0994. The zero-order valence-electron chi connectivity index (χ0n) is 11.6. The van der Waals surface area contributed by atoms with E-state index in [0.29, 0.717) is 11.3 Å². The van der Waals surface area contributed by atoms with Crippen molar-refractivity contribution in [3.8, 4) is 0 Å². The smallest absolute Gasteiger partial charge is 0.301 e. The molecule has 0 radical (unpaired) electrons. The Morgan fingerprint density at radius 1 is 1.42 bits per heavy atom. The van der Waals surface area contributed by atoms with Crippen molar-refractivity contribution < 1.29 is 8.42 Å². The molecule has 1 aromatic rings. The van der Waals surface area contributed by atoms with Crippen molar-refractivity contribution in [3.05, 3.63) is 29.3 Å². The number of nitrogen functional groups attached to an aromatic ring is 1. The van der Waals surface area contributed by atoms with E-state index in [9.17, 15) is 8.42 Å².